The van der Waals surface area contributed by atoms with Gasteiger partial charge in [0.1, 0.15) is 0 Å². The van der Waals surface area contributed by atoms with E-state index in [1.165, 1.54) is 10.7 Å². The van der Waals surface area contributed by atoms with Crippen LogP contribution in [0.1, 0.15) is 5.56 Å². The lowest BCUT2D eigenvalue weighted by Gasteiger charge is -2.34. The first-order chi connectivity index (χ1) is 10.4. The minimum absolute atomic E-state index is 1.08. The van der Waals surface area contributed by atoms with Crippen molar-refractivity contribution in [2.75, 3.05) is 50.7 Å². The molecule has 4 nitrogen and oxygen atoms in total. The molecule has 3 rings (SSSR count). The van der Waals surface area contributed by atoms with Crippen molar-refractivity contribution in [2.45, 2.75) is 6.42 Å². The normalized spacial score (nSPS) is 16.5. The maximum atomic E-state index is 4.39. The van der Waals surface area contributed by atoms with Gasteiger partial charge in [-0.1, -0.05) is 0 Å². The molecule has 1 saturated heterocycles. The fraction of sp³-hybridized carbons (Fsp3) is 0.533. The van der Waals surface area contributed by atoms with Crippen LogP contribution >= 0.6 is 22.7 Å². The number of thiophene rings is 1. The summed E-state index contributed by atoms with van der Waals surface area (Å²) in [6.07, 6.45) is 3.03. The van der Waals surface area contributed by atoms with Crippen molar-refractivity contribution in [3.8, 4) is 0 Å². The summed E-state index contributed by atoms with van der Waals surface area (Å²) in [5, 5.41) is 11.2. The Hall–Kier alpha value is -0.950. The highest BCUT2D eigenvalue weighted by Gasteiger charge is 2.17. The first-order valence-corrected chi connectivity index (χ1v) is 9.32. The maximum absolute atomic E-state index is 4.39. The van der Waals surface area contributed by atoms with E-state index < -0.39 is 0 Å². The number of nitrogens with zero attached hydrogens (tertiary/aromatic N) is 3. The van der Waals surface area contributed by atoms with Crippen LogP contribution in [0.2, 0.25) is 0 Å². The van der Waals surface area contributed by atoms with Gasteiger partial charge in [-0.3, -0.25) is 4.90 Å². The topological polar surface area (TPSA) is 31.4 Å². The Balaban J connectivity index is 1.27. The SMILES string of the molecule is c1csc(N2CCN(CCNCCc3ccsc3)CC2)n1. The number of hydrogen-bond acceptors (Lipinski definition) is 6. The molecule has 0 spiro atoms. The van der Waals surface area contributed by atoms with Crippen LogP contribution in [0, 0.1) is 0 Å². The molecule has 0 unspecified atom stereocenters. The third-order valence-corrected chi connectivity index (χ3v) is 5.40. The third kappa shape index (κ3) is 4.51. The third-order valence-electron chi connectivity index (χ3n) is 3.84. The Morgan fingerprint density at radius 2 is 2.05 bits per heavy atom. The fourth-order valence-electron chi connectivity index (χ4n) is 2.56. The molecule has 0 saturated carbocycles. The summed E-state index contributed by atoms with van der Waals surface area (Å²) in [6.45, 7) is 7.80. The van der Waals surface area contributed by atoms with Crippen LogP contribution in [0.5, 0.6) is 0 Å². The molecule has 2 aromatic heterocycles. The summed E-state index contributed by atoms with van der Waals surface area (Å²) in [6, 6.07) is 2.21. The molecule has 1 fully saturated rings. The monoisotopic (exact) mass is 322 g/mol. The molecule has 0 aliphatic carbocycles. The first-order valence-electron chi connectivity index (χ1n) is 7.50. The molecule has 0 amide bonds. The maximum Gasteiger partial charge on any atom is 0.185 e. The van der Waals surface area contributed by atoms with E-state index in [2.05, 4.69) is 42.3 Å². The van der Waals surface area contributed by atoms with Gasteiger partial charge in [0.15, 0.2) is 5.13 Å². The number of nitrogens with one attached hydrogen (secondary N) is 1. The van der Waals surface area contributed by atoms with E-state index in [9.17, 15) is 0 Å². The lowest BCUT2D eigenvalue weighted by Crippen LogP contribution is -2.48. The van der Waals surface area contributed by atoms with Crippen LogP contribution < -0.4 is 10.2 Å². The lowest BCUT2D eigenvalue weighted by atomic mass is 10.2. The number of hydrogen-bond donors (Lipinski definition) is 1. The fourth-order valence-corrected chi connectivity index (χ4v) is 3.96. The summed E-state index contributed by atoms with van der Waals surface area (Å²) < 4.78 is 0. The summed E-state index contributed by atoms with van der Waals surface area (Å²) in [5.74, 6) is 0. The average Bonchev–Trinajstić information content (AvgIpc) is 3.21. The Kier molecular flexibility index (Phi) is 5.62. The van der Waals surface area contributed by atoms with Gasteiger partial charge in [0, 0.05) is 50.8 Å². The van der Waals surface area contributed by atoms with Gasteiger partial charge in [0.05, 0.1) is 0 Å². The zero-order valence-electron chi connectivity index (χ0n) is 12.2. The van der Waals surface area contributed by atoms with Crippen molar-refractivity contribution in [3.05, 3.63) is 34.0 Å². The minimum atomic E-state index is 1.08. The molecule has 1 aliphatic rings. The molecular formula is C15H22N4S2. The highest BCUT2D eigenvalue weighted by molar-refractivity contribution is 7.13. The number of rotatable bonds is 7. The summed E-state index contributed by atoms with van der Waals surface area (Å²) in [4.78, 5) is 9.33. The summed E-state index contributed by atoms with van der Waals surface area (Å²) in [5.41, 5.74) is 1.45. The van der Waals surface area contributed by atoms with E-state index in [4.69, 9.17) is 0 Å². The Labute approximate surface area is 134 Å². The standard InChI is InChI=1S/C15H22N4S2/c1(14-2-11-20-13-14)3-16-4-6-18-7-9-19(10-8-18)15-17-5-12-21-15/h2,5,11-13,16H,1,3-4,6-10H2. The molecular weight excluding hydrogens is 300 g/mol. The van der Waals surface area contributed by atoms with Crippen LogP contribution in [0.3, 0.4) is 0 Å². The molecule has 1 aliphatic heterocycles. The Bertz CT molecular complexity index is 490. The van der Waals surface area contributed by atoms with Gasteiger partial charge in [0.25, 0.3) is 0 Å². The molecule has 0 atom stereocenters. The molecule has 2 aromatic rings. The minimum Gasteiger partial charge on any atom is -0.346 e. The molecule has 1 N–H and O–H groups in total. The lowest BCUT2D eigenvalue weighted by molar-refractivity contribution is 0.258. The van der Waals surface area contributed by atoms with Gasteiger partial charge in [-0.25, -0.2) is 4.98 Å². The quantitative estimate of drug-likeness (QED) is 0.792. The van der Waals surface area contributed by atoms with Crippen molar-refractivity contribution in [1.82, 2.24) is 15.2 Å². The van der Waals surface area contributed by atoms with Crippen LogP contribution in [0.15, 0.2) is 28.4 Å². The van der Waals surface area contributed by atoms with E-state index in [1.54, 1.807) is 22.7 Å². The van der Waals surface area contributed by atoms with Crippen molar-refractivity contribution >= 4 is 27.8 Å². The molecule has 6 heteroatoms. The number of piperazine rings is 1. The smallest absolute Gasteiger partial charge is 0.185 e. The van der Waals surface area contributed by atoms with Gasteiger partial charge in [-0.05, 0) is 35.4 Å². The van der Waals surface area contributed by atoms with E-state index in [0.717, 1.165) is 52.2 Å². The predicted octanol–water partition coefficient (Wildman–Crippen LogP) is 2.16. The zero-order chi connectivity index (χ0) is 14.3. The second-order valence-corrected chi connectivity index (χ2v) is 6.93. The molecule has 21 heavy (non-hydrogen) atoms. The molecule has 3 heterocycles. The van der Waals surface area contributed by atoms with Crippen LogP contribution in [0.25, 0.3) is 0 Å². The van der Waals surface area contributed by atoms with Gasteiger partial charge in [-0.2, -0.15) is 11.3 Å². The average molecular weight is 323 g/mol. The Morgan fingerprint density at radius 3 is 2.76 bits per heavy atom. The first kappa shape index (κ1) is 15.0. The van der Waals surface area contributed by atoms with Gasteiger partial charge in [-0.15, -0.1) is 11.3 Å². The predicted molar refractivity (Wildman–Crippen MR) is 91.7 cm³/mol. The second-order valence-electron chi connectivity index (χ2n) is 5.27. The van der Waals surface area contributed by atoms with Crippen molar-refractivity contribution in [1.29, 1.82) is 0 Å². The van der Waals surface area contributed by atoms with Gasteiger partial charge >= 0.3 is 0 Å². The number of aromatic nitrogens is 1. The second kappa shape index (κ2) is 7.89. The van der Waals surface area contributed by atoms with Crippen LogP contribution in [0.4, 0.5) is 5.13 Å². The molecule has 0 aromatic carbocycles. The van der Waals surface area contributed by atoms with Crippen molar-refractivity contribution in [3.63, 3.8) is 0 Å². The van der Waals surface area contributed by atoms with E-state index in [1.807, 2.05) is 6.20 Å². The molecule has 0 radical (unpaired) electrons. The highest BCUT2D eigenvalue weighted by atomic mass is 32.1. The number of anilines is 1. The zero-order valence-corrected chi connectivity index (χ0v) is 13.8. The van der Waals surface area contributed by atoms with Crippen LogP contribution in [-0.2, 0) is 6.42 Å². The molecule has 114 valence electrons. The van der Waals surface area contributed by atoms with Gasteiger partial charge < -0.3 is 10.2 Å². The van der Waals surface area contributed by atoms with Crippen molar-refractivity contribution < 1.29 is 0 Å². The summed E-state index contributed by atoms with van der Waals surface area (Å²) in [7, 11) is 0. The van der Waals surface area contributed by atoms with Crippen LogP contribution in [-0.4, -0.2) is 55.7 Å². The largest absolute Gasteiger partial charge is 0.346 e. The molecule has 0 bridgehead atoms. The van der Waals surface area contributed by atoms with E-state index in [0.29, 0.717) is 0 Å². The highest BCUT2D eigenvalue weighted by Crippen LogP contribution is 2.18. The van der Waals surface area contributed by atoms with E-state index in [-0.39, 0.29) is 0 Å². The van der Waals surface area contributed by atoms with Gasteiger partial charge in [0.2, 0.25) is 0 Å². The Morgan fingerprint density at radius 1 is 1.14 bits per heavy atom. The van der Waals surface area contributed by atoms with E-state index >= 15 is 0 Å². The number of thiazole rings is 1. The summed E-state index contributed by atoms with van der Waals surface area (Å²) >= 11 is 3.52. The van der Waals surface area contributed by atoms with Crippen molar-refractivity contribution in [2.24, 2.45) is 0 Å².